The first-order chi connectivity index (χ1) is 8.15. The van der Waals surface area contributed by atoms with Gasteiger partial charge >= 0.3 is 0 Å². The standard InChI is InChI=1S/C14H17BrClF/c15-13-9-11(5-6-14(13)17)7-10-3-1-2-4-12(16)8-10/h5-6,9-10,12H,1-4,7-8H2. The summed E-state index contributed by atoms with van der Waals surface area (Å²) in [6, 6.07) is 5.31. The van der Waals surface area contributed by atoms with Crippen LogP contribution in [0, 0.1) is 11.7 Å². The summed E-state index contributed by atoms with van der Waals surface area (Å²) < 4.78 is 13.7. The fraction of sp³-hybridized carbons (Fsp3) is 0.571. The number of halogens is 3. The zero-order chi connectivity index (χ0) is 12.3. The Kier molecular flexibility index (Phi) is 4.87. The van der Waals surface area contributed by atoms with Gasteiger partial charge in [-0.05, 0) is 58.8 Å². The van der Waals surface area contributed by atoms with E-state index in [1.807, 2.05) is 12.1 Å². The summed E-state index contributed by atoms with van der Waals surface area (Å²) in [6.07, 6.45) is 7.02. The van der Waals surface area contributed by atoms with Crippen LogP contribution in [0.2, 0.25) is 0 Å². The van der Waals surface area contributed by atoms with E-state index < -0.39 is 0 Å². The maximum atomic E-state index is 13.1. The summed E-state index contributed by atoms with van der Waals surface area (Å²) in [5.41, 5.74) is 1.20. The first-order valence-electron chi connectivity index (χ1n) is 6.23. The Hall–Kier alpha value is -0.0800. The van der Waals surface area contributed by atoms with Crippen LogP contribution in [-0.4, -0.2) is 5.38 Å². The summed E-state index contributed by atoms with van der Waals surface area (Å²) in [4.78, 5) is 0. The minimum absolute atomic E-state index is 0.190. The third kappa shape index (κ3) is 3.96. The summed E-state index contributed by atoms with van der Waals surface area (Å²) in [6.45, 7) is 0. The molecule has 17 heavy (non-hydrogen) atoms. The van der Waals surface area contributed by atoms with Crippen molar-refractivity contribution in [2.75, 3.05) is 0 Å². The molecule has 1 aromatic carbocycles. The SMILES string of the molecule is Fc1ccc(CC2CCCCC(Cl)C2)cc1Br. The Morgan fingerprint density at radius 2 is 2.06 bits per heavy atom. The van der Waals surface area contributed by atoms with E-state index in [4.69, 9.17) is 11.6 Å². The van der Waals surface area contributed by atoms with Crippen LogP contribution in [0.1, 0.15) is 37.7 Å². The zero-order valence-corrected chi connectivity index (χ0v) is 12.1. The molecule has 1 aromatic rings. The molecule has 1 saturated carbocycles. The average molecular weight is 320 g/mol. The van der Waals surface area contributed by atoms with E-state index in [-0.39, 0.29) is 5.82 Å². The van der Waals surface area contributed by atoms with Gasteiger partial charge in [-0.1, -0.05) is 25.3 Å². The highest BCUT2D eigenvalue weighted by Crippen LogP contribution is 2.30. The highest BCUT2D eigenvalue weighted by atomic mass is 79.9. The Balaban J connectivity index is 2.01. The summed E-state index contributed by atoms with van der Waals surface area (Å²) in [5, 5.41) is 0.325. The van der Waals surface area contributed by atoms with E-state index in [1.165, 1.54) is 30.9 Å². The van der Waals surface area contributed by atoms with Crippen LogP contribution in [0.25, 0.3) is 0 Å². The topological polar surface area (TPSA) is 0 Å². The van der Waals surface area contributed by atoms with Crippen molar-refractivity contribution in [3.8, 4) is 0 Å². The monoisotopic (exact) mass is 318 g/mol. The number of benzene rings is 1. The minimum atomic E-state index is -0.190. The second-order valence-electron chi connectivity index (χ2n) is 4.94. The van der Waals surface area contributed by atoms with Gasteiger partial charge in [0.1, 0.15) is 5.82 Å². The molecule has 0 bridgehead atoms. The molecule has 0 spiro atoms. The van der Waals surface area contributed by atoms with Crippen molar-refractivity contribution in [2.45, 2.75) is 43.9 Å². The molecule has 0 radical (unpaired) electrons. The van der Waals surface area contributed by atoms with Crippen LogP contribution in [-0.2, 0) is 6.42 Å². The highest BCUT2D eigenvalue weighted by Gasteiger charge is 2.19. The van der Waals surface area contributed by atoms with Gasteiger partial charge in [0.2, 0.25) is 0 Å². The highest BCUT2D eigenvalue weighted by molar-refractivity contribution is 9.10. The minimum Gasteiger partial charge on any atom is -0.206 e. The van der Waals surface area contributed by atoms with Crippen molar-refractivity contribution in [2.24, 2.45) is 5.92 Å². The van der Waals surface area contributed by atoms with Crippen LogP contribution in [0.5, 0.6) is 0 Å². The lowest BCUT2D eigenvalue weighted by molar-refractivity contribution is 0.460. The lowest BCUT2D eigenvalue weighted by atomic mass is 9.92. The summed E-state index contributed by atoms with van der Waals surface area (Å²) >= 11 is 9.51. The summed E-state index contributed by atoms with van der Waals surface area (Å²) in [7, 11) is 0. The average Bonchev–Trinajstić information content (AvgIpc) is 2.48. The van der Waals surface area contributed by atoms with E-state index in [0.717, 1.165) is 19.3 Å². The molecule has 1 aliphatic rings. The van der Waals surface area contributed by atoms with Crippen LogP contribution >= 0.6 is 27.5 Å². The third-order valence-electron chi connectivity index (χ3n) is 3.48. The van der Waals surface area contributed by atoms with Crippen molar-refractivity contribution in [3.05, 3.63) is 34.1 Å². The fourth-order valence-electron chi connectivity index (χ4n) is 2.58. The Morgan fingerprint density at radius 1 is 1.29 bits per heavy atom. The molecule has 0 saturated heterocycles. The Bertz CT molecular complexity index is 380. The van der Waals surface area contributed by atoms with Gasteiger partial charge in [-0.3, -0.25) is 0 Å². The lowest BCUT2D eigenvalue weighted by Crippen LogP contribution is -2.08. The molecule has 1 fully saturated rings. The first kappa shape index (κ1) is 13.4. The van der Waals surface area contributed by atoms with Gasteiger partial charge in [0, 0.05) is 5.38 Å². The van der Waals surface area contributed by atoms with E-state index in [9.17, 15) is 4.39 Å². The van der Waals surface area contributed by atoms with Crippen molar-refractivity contribution >= 4 is 27.5 Å². The molecular weight excluding hydrogens is 303 g/mol. The van der Waals surface area contributed by atoms with E-state index in [1.54, 1.807) is 0 Å². The van der Waals surface area contributed by atoms with Crippen molar-refractivity contribution in [1.29, 1.82) is 0 Å². The lowest BCUT2D eigenvalue weighted by Gasteiger charge is -2.16. The van der Waals surface area contributed by atoms with E-state index in [2.05, 4.69) is 15.9 Å². The predicted octanol–water partition coefficient (Wildman–Crippen LogP) is 5.32. The van der Waals surface area contributed by atoms with E-state index in [0.29, 0.717) is 15.8 Å². The molecule has 0 N–H and O–H groups in total. The molecule has 0 aromatic heterocycles. The molecule has 0 aliphatic heterocycles. The second kappa shape index (κ2) is 6.19. The second-order valence-corrected chi connectivity index (χ2v) is 6.41. The molecule has 2 rings (SSSR count). The molecule has 94 valence electrons. The molecule has 0 heterocycles. The van der Waals surface area contributed by atoms with Gasteiger partial charge in [-0.15, -0.1) is 11.6 Å². The van der Waals surface area contributed by atoms with Crippen molar-refractivity contribution in [3.63, 3.8) is 0 Å². The zero-order valence-electron chi connectivity index (χ0n) is 9.76. The molecule has 1 aliphatic carbocycles. The van der Waals surface area contributed by atoms with Gasteiger partial charge in [0.05, 0.1) is 4.47 Å². The maximum Gasteiger partial charge on any atom is 0.137 e. The maximum absolute atomic E-state index is 13.1. The normalized spacial score (nSPS) is 25.6. The number of alkyl halides is 1. The number of rotatable bonds is 2. The molecule has 0 amide bonds. The van der Waals surface area contributed by atoms with Gasteiger partial charge in [-0.2, -0.15) is 0 Å². The molecular formula is C14H17BrClF. The molecule has 2 unspecified atom stereocenters. The van der Waals surface area contributed by atoms with Gasteiger partial charge < -0.3 is 0 Å². The Morgan fingerprint density at radius 3 is 2.82 bits per heavy atom. The Labute approximate surface area is 116 Å². The first-order valence-corrected chi connectivity index (χ1v) is 7.46. The fourth-order valence-corrected chi connectivity index (χ4v) is 3.41. The number of hydrogen-bond donors (Lipinski definition) is 0. The molecule has 3 heteroatoms. The molecule has 2 atom stereocenters. The van der Waals surface area contributed by atoms with Crippen molar-refractivity contribution < 1.29 is 4.39 Å². The number of hydrogen-bond acceptors (Lipinski definition) is 0. The summed E-state index contributed by atoms with van der Waals surface area (Å²) in [5.74, 6) is 0.460. The van der Waals surface area contributed by atoms with E-state index >= 15 is 0 Å². The van der Waals surface area contributed by atoms with Crippen LogP contribution in [0.4, 0.5) is 4.39 Å². The van der Waals surface area contributed by atoms with Crippen LogP contribution in [0.15, 0.2) is 22.7 Å². The van der Waals surface area contributed by atoms with Crippen LogP contribution < -0.4 is 0 Å². The quantitative estimate of drug-likeness (QED) is 0.511. The smallest absolute Gasteiger partial charge is 0.137 e. The largest absolute Gasteiger partial charge is 0.206 e. The van der Waals surface area contributed by atoms with Gasteiger partial charge in [0.15, 0.2) is 0 Å². The predicted molar refractivity (Wildman–Crippen MR) is 74.0 cm³/mol. The van der Waals surface area contributed by atoms with Gasteiger partial charge in [-0.25, -0.2) is 4.39 Å². The van der Waals surface area contributed by atoms with Crippen LogP contribution in [0.3, 0.4) is 0 Å². The third-order valence-corrected chi connectivity index (χ3v) is 4.48. The molecule has 0 nitrogen and oxygen atoms in total. The van der Waals surface area contributed by atoms with Crippen molar-refractivity contribution in [1.82, 2.24) is 0 Å². The van der Waals surface area contributed by atoms with Gasteiger partial charge in [0.25, 0.3) is 0 Å².